The van der Waals surface area contributed by atoms with Gasteiger partial charge in [-0.1, -0.05) is 12.1 Å². The fraction of sp³-hybridized carbons (Fsp3) is 0.158. The molecule has 25 heavy (non-hydrogen) atoms. The topological polar surface area (TPSA) is 85.1 Å². The maximum Gasteiger partial charge on any atom is 0.159 e. The van der Waals surface area contributed by atoms with Crippen molar-refractivity contribution in [2.75, 3.05) is 23.5 Å². The number of hydrogen-bond acceptors (Lipinski definition) is 6. The van der Waals surface area contributed by atoms with E-state index in [0.717, 1.165) is 28.3 Å². The van der Waals surface area contributed by atoms with Crippen LogP contribution in [0.4, 0.5) is 28.7 Å². The zero-order chi connectivity index (χ0) is 17.8. The lowest BCUT2D eigenvalue weighted by Gasteiger charge is -2.14. The van der Waals surface area contributed by atoms with Gasteiger partial charge in [-0.15, -0.1) is 0 Å². The third-order valence-electron chi connectivity index (χ3n) is 3.88. The van der Waals surface area contributed by atoms with Gasteiger partial charge < -0.3 is 21.1 Å². The molecule has 0 bridgehead atoms. The lowest BCUT2D eigenvalue weighted by atomic mass is 10.1. The number of nitrogens with zero attached hydrogens (tertiary/aromatic N) is 2. The molecule has 4 N–H and O–H groups in total. The number of nitrogens with one attached hydrogen (secondary N) is 2. The molecule has 6 heteroatoms. The molecule has 3 aromatic rings. The standard InChI is InChI=1S/C19H21N5O/c1-12-4-5-13(2)16(10-12)24-19-17(20)18(21-11-22-19)23-14-6-8-15(25-3)9-7-14/h4-11H,20H2,1-3H3,(H2,21,22,23,24). The number of aromatic nitrogens is 2. The van der Waals surface area contributed by atoms with Crippen molar-refractivity contribution in [2.24, 2.45) is 0 Å². The van der Waals surface area contributed by atoms with Crippen LogP contribution in [0.3, 0.4) is 0 Å². The average molecular weight is 335 g/mol. The maximum absolute atomic E-state index is 6.25. The van der Waals surface area contributed by atoms with Crippen LogP contribution in [0.5, 0.6) is 5.75 Å². The minimum absolute atomic E-state index is 0.458. The number of hydrogen-bond donors (Lipinski definition) is 3. The zero-order valence-electron chi connectivity index (χ0n) is 14.5. The van der Waals surface area contributed by atoms with Gasteiger partial charge in [-0.05, 0) is 55.3 Å². The highest BCUT2D eigenvalue weighted by molar-refractivity contribution is 5.80. The van der Waals surface area contributed by atoms with Gasteiger partial charge in [0.05, 0.1) is 7.11 Å². The van der Waals surface area contributed by atoms with Gasteiger partial charge in [-0.3, -0.25) is 0 Å². The molecule has 0 amide bonds. The van der Waals surface area contributed by atoms with E-state index in [0.29, 0.717) is 17.3 Å². The first-order valence-corrected chi connectivity index (χ1v) is 7.92. The van der Waals surface area contributed by atoms with Crippen molar-refractivity contribution in [1.82, 2.24) is 9.97 Å². The van der Waals surface area contributed by atoms with Gasteiger partial charge in [0, 0.05) is 11.4 Å². The van der Waals surface area contributed by atoms with Crippen LogP contribution < -0.4 is 21.1 Å². The average Bonchev–Trinajstić information content (AvgIpc) is 2.62. The number of rotatable bonds is 5. The number of ether oxygens (including phenoxy) is 1. The molecule has 0 aliphatic heterocycles. The van der Waals surface area contributed by atoms with E-state index in [-0.39, 0.29) is 0 Å². The maximum atomic E-state index is 6.25. The molecule has 2 aromatic carbocycles. The Morgan fingerprint density at radius 1 is 0.920 bits per heavy atom. The summed E-state index contributed by atoms with van der Waals surface area (Å²) in [6.45, 7) is 4.08. The van der Waals surface area contributed by atoms with E-state index in [1.807, 2.05) is 38.1 Å². The van der Waals surface area contributed by atoms with E-state index in [1.165, 1.54) is 6.33 Å². The van der Waals surface area contributed by atoms with Crippen LogP contribution in [-0.2, 0) is 0 Å². The van der Waals surface area contributed by atoms with Gasteiger partial charge in [0.1, 0.15) is 17.8 Å². The molecule has 6 nitrogen and oxygen atoms in total. The molecule has 0 radical (unpaired) electrons. The van der Waals surface area contributed by atoms with E-state index < -0.39 is 0 Å². The molecule has 128 valence electrons. The van der Waals surface area contributed by atoms with Gasteiger partial charge >= 0.3 is 0 Å². The molecule has 1 heterocycles. The third kappa shape index (κ3) is 3.80. The highest BCUT2D eigenvalue weighted by Gasteiger charge is 2.10. The highest BCUT2D eigenvalue weighted by Crippen LogP contribution is 2.30. The van der Waals surface area contributed by atoms with Crippen LogP contribution in [0.25, 0.3) is 0 Å². The van der Waals surface area contributed by atoms with Crippen molar-refractivity contribution in [3.05, 3.63) is 59.9 Å². The Hall–Kier alpha value is -3.28. The molecule has 0 fully saturated rings. The van der Waals surface area contributed by atoms with Crippen molar-refractivity contribution in [2.45, 2.75) is 13.8 Å². The SMILES string of the molecule is COc1ccc(Nc2ncnc(Nc3cc(C)ccc3C)c2N)cc1. The van der Waals surface area contributed by atoms with Crippen LogP contribution in [0.2, 0.25) is 0 Å². The third-order valence-corrected chi connectivity index (χ3v) is 3.88. The first-order chi connectivity index (χ1) is 12.1. The van der Waals surface area contributed by atoms with Crippen LogP contribution in [0.1, 0.15) is 11.1 Å². The molecule has 0 unspecified atom stereocenters. The monoisotopic (exact) mass is 335 g/mol. The van der Waals surface area contributed by atoms with Gasteiger partial charge in [0.15, 0.2) is 11.6 Å². The quantitative estimate of drug-likeness (QED) is 0.649. The Labute approximate surface area is 147 Å². The summed E-state index contributed by atoms with van der Waals surface area (Å²) in [6.07, 6.45) is 1.48. The molecular formula is C19H21N5O. The summed E-state index contributed by atoms with van der Waals surface area (Å²) >= 11 is 0. The summed E-state index contributed by atoms with van der Waals surface area (Å²) in [7, 11) is 1.63. The van der Waals surface area contributed by atoms with E-state index >= 15 is 0 Å². The summed E-state index contributed by atoms with van der Waals surface area (Å²) in [5.41, 5.74) is 10.8. The van der Waals surface area contributed by atoms with Crippen LogP contribution in [0.15, 0.2) is 48.8 Å². The van der Waals surface area contributed by atoms with Crippen LogP contribution in [0, 0.1) is 13.8 Å². The fourth-order valence-electron chi connectivity index (χ4n) is 2.40. The lowest BCUT2D eigenvalue weighted by Crippen LogP contribution is -2.05. The molecule has 0 atom stereocenters. The first-order valence-electron chi connectivity index (χ1n) is 7.92. The Morgan fingerprint density at radius 3 is 2.28 bits per heavy atom. The zero-order valence-corrected chi connectivity index (χ0v) is 14.5. The molecule has 1 aromatic heterocycles. The summed E-state index contributed by atoms with van der Waals surface area (Å²) in [5.74, 6) is 1.91. The van der Waals surface area contributed by atoms with Crippen LogP contribution in [-0.4, -0.2) is 17.1 Å². The molecular weight excluding hydrogens is 314 g/mol. The second kappa shape index (κ2) is 7.09. The van der Waals surface area contributed by atoms with E-state index in [1.54, 1.807) is 7.11 Å². The number of nitrogen functional groups attached to an aromatic ring is 1. The van der Waals surface area contributed by atoms with Crippen molar-refractivity contribution in [1.29, 1.82) is 0 Å². The van der Waals surface area contributed by atoms with Crippen molar-refractivity contribution >= 4 is 28.7 Å². The fourth-order valence-corrected chi connectivity index (χ4v) is 2.40. The van der Waals surface area contributed by atoms with Crippen molar-refractivity contribution < 1.29 is 4.74 Å². The van der Waals surface area contributed by atoms with E-state index in [2.05, 4.69) is 38.8 Å². The number of methoxy groups -OCH3 is 1. The van der Waals surface area contributed by atoms with Crippen molar-refractivity contribution in [3.63, 3.8) is 0 Å². The van der Waals surface area contributed by atoms with Gasteiger partial charge in [0.2, 0.25) is 0 Å². The minimum Gasteiger partial charge on any atom is -0.497 e. The molecule has 3 rings (SSSR count). The Kier molecular flexibility index (Phi) is 4.70. The molecule has 0 saturated carbocycles. The summed E-state index contributed by atoms with van der Waals surface area (Å²) in [4.78, 5) is 8.51. The Bertz CT molecular complexity index is 877. The largest absolute Gasteiger partial charge is 0.497 e. The van der Waals surface area contributed by atoms with E-state index in [4.69, 9.17) is 10.5 Å². The van der Waals surface area contributed by atoms with Crippen LogP contribution >= 0.6 is 0 Å². The highest BCUT2D eigenvalue weighted by atomic mass is 16.5. The summed E-state index contributed by atoms with van der Waals surface area (Å²) < 4.78 is 5.16. The predicted octanol–water partition coefficient (Wildman–Crippen LogP) is 4.17. The van der Waals surface area contributed by atoms with Crippen molar-refractivity contribution in [3.8, 4) is 5.75 Å². The summed E-state index contributed by atoms with van der Waals surface area (Å²) in [5, 5.41) is 6.49. The second-order valence-corrected chi connectivity index (χ2v) is 5.78. The van der Waals surface area contributed by atoms with Gasteiger partial charge in [0.25, 0.3) is 0 Å². The Morgan fingerprint density at radius 2 is 1.60 bits per heavy atom. The normalized spacial score (nSPS) is 10.4. The van der Waals surface area contributed by atoms with Gasteiger partial charge in [-0.2, -0.15) is 0 Å². The van der Waals surface area contributed by atoms with E-state index in [9.17, 15) is 0 Å². The number of anilines is 5. The number of aryl methyl sites for hydroxylation is 2. The summed E-state index contributed by atoms with van der Waals surface area (Å²) in [6, 6.07) is 13.7. The van der Waals surface area contributed by atoms with Gasteiger partial charge in [-0.25, -0.2) is 9.97 Å². The lowest BCUT2D eigenvalue weighted by molar-refractivity contribution is 0.415. The number of nitrogens with two attached hydrogens (primary N) is 1. The number of benzene rings is 2. The smallest absolute Gasteiger partial charge is 0.159 e. The molecule has 0 spiro atoms. The minimum atomic E-state index is 0.458. The first kappa shape index (κ1) is 16.6. The molecule has 0 saturated heterocycles. The second-order valence-electron chi connectivity index (χ2n) is 5.78. The Balaban J connectivity index is 1.85. The molecule has 0 aliphatic carbocycles. The molecule has 0 aliphatic rings. The predicted molar refractivity (Wildman–Crippen MR) is 102 cm³/mol.